The molecule has 2 aromatic rings. The number of imidazole rings is 1. The lowest BCUT2D eigenvalue weighted by Crippen LogP contribution is -2.16. The van der Waals surface area contributed by atoms with Crippen molar-refractivity contribution in [3.8, 4) is 0 Å². The number of aryl methyl sites for hydroxylation is 1. The number of aromatic amines is 1. The molecule has 1 heterocycles. The standard InChI is InChI=1S/C12H16N2O/c1-12(2,3)8-6-5-7-9-10(8)14(4)11(15)13-9/h5-7H,1-4H3,(H,13,15). The number of para-hydroxylation sites is 1. The summed E-state index contributed by atoms with van der Waals surface area (Å²) in [5.74, 6) is 0. The van der Waals surface area contributed by atoms with E-state index < -0.39 is 0 Å². The Hall–Kier alpha value is -1.51. The maximum atomic E-state index is 11.5. The Balaban J connectivity index is 2.92. The van der Waals surface area contributed by atoms with Gasteiger partial charge in [-0.1, -0.05) is 32.9 Å². The first-order valence-corrected chi connectivity index (χ1v) is 5.09. The molecule has 0 saturated heterocycles. The monoisotopic (exact) mass is 204 g/mol. The summed E-state index contributed by atoms with van der Waals surface area (Å²) < 4.78 is 1.68. The van der Waals surface area contributed by atoms with Gasteiger partial charge in [0.15, 0.2) is 0 Å². The number of rotatable bonds is 0. The van der Waals surface area contributed by atoms with Gasteiger partial charge in [-0.2, -0.15) is 0 Å². The molecule has 3 heteroatoms. The van der Waals surface area contributed by atoms with E-state index in [1.165, 1.54) is 5.56 Å². The number of hydrogen-bond acceptors (Lipinski definition) is 1. The van der Waals surface area contributed by atoms with E-state index in [9.17, 15) is 4.79 Å². The molecule has 0 unspecified atom stereocenters. The molecule has 0 spiro atoms. The highest BCUT2D eigenvalue weighted by Crippen LogP contribution is 2.28. The summed E-state index contributed by atoms with van der Waals surface area (Å²) in [6.07, 6.45) is 0. The highest BCUT2D eigenvalue weighted by Gasteiger charge is 2.19. The molecule has 1 N–H and O–H groups in total. The predicted octanol–water partition coefficient (Wildman–Crippen LogP) is 2.16. The van der Waals surface area contributed by atoms with Gasteiger partial charge in [-0.25, -0.2) is 4.79 Å². The molecule has 0 aliphatic heterocycles. The predicted molar refractivity (Wildman–Crippen MR) is 62.2 cm³/mol. The largest absolute Gasteiger partial charge is 0.326 e. The van der Waals surface area contributed by atoms with Crippen LogP contribution in [0.4, 0.5) is 0 Å². The molecule has 0 bridgehead atoms. The SMILES string of the molecule is Cn1c(=O)[nH]c2cccc(C(C)(C)C)c21. The Labute approximate surface area is 88.7 Å². The van der Waals surface area contributed by atoms with E-state index in [0.717, 1.165) is 11.0 Å². The fourth-order valence-corrected chi connectivity index (χ4v) is 1.91. The average Bonchev–Trinajstić information content (AvgIpc) is 2.41. The minimum Gasteiger partial charge on any atom is -0.306 e. The van der Waals surface area contributed by atoms with Crippen molar-refractivity contribution in [1.82, 2.24) is 9.55 Å². The zero-order valence-corrected chi connectivity index (χ0v) is 9.59. The maximum absolute atomic E-state index is 11.5. The molecule has 15 heavy (non-hydrogen) atoms. The summed E-state index contributed by atoms with van der Waals surface area (Å²) in [6.45, 7) is 6.46. The summed E-state index contributed by atoms with van der Waals surface area (Å²) in [7, 11) is 1.80. The van der Waals surface area contributed by atoms with E-state index in [1.54, 1.807) is 11.6 Å². The van der Waals surface area contributed by atoms with Crippen molar-refractivity contribution < 1.29 is 0 Å². The number of benzene rings is 1. The molecule has 0 fully saturated rings. The molecule has 0 atom stereocenters. The zero-order chi connectivity index (χ0) is 11.2. The van der Waals surface area contributed by atoms with Crippen LogP contribution in [-0.4, -0.2) is 9.55 Å². The summed E-state index contributed by atoms with van der Waals surface area (Å²) in [6, 6.07) is 6.00. The molecule has 0 radical (unpaired) electrons. The van der Waals surface area contributed by atoms with Crippen LogP contribution in [0.5, 0.6) is 0 Å². The Bertz CT molecular complexity index is 555. The Kier molecular flexibility index (Phi) is 2.00. The highest BCUT2D eigenvalue weighted by molar-refractivity contribution is 5.80. The molecular formula is C12H16N2O. The first kappa shape index (κ1) is 10.0. The Morgan fingerprint density at radius 1 is 1.27 bits per heavy atom. The number of nitrogens with zero attached hydrogens (tertiary/aromatic N) is 1. The Morgan fingerprint density at radius 2 is 1.93 bits per heavy atom. The first-order valence-electron chi connectivity index (χ1n) is 5.09. The van der Waals surface area contributed by atoms with Crippen molar-refractivity contribution in [3.63, 3.8) is 0 Å². The fourth-order valence-electron chi connectivity index (χ4n) is 1.91. The normalized spacial score (nSPS) is 12.3. The fraction of sp³-hybridized carbons (Fsp3) is 0.417. The van der Waals surface area contributed by atoms with Crippen molar-refractivity contribution in [2.45, 2.75) is 26.2 Å². The van der Waals surface area contributed by atoms with E-state index in [1.807, 2.05) is 12.1 Å². The van der Waals surface area contributed by atoms with E-state index in [0.29, 0.717) is 0 Å². The third kappa shape index (κ3) is 1.48. The summed E-state index contributed by atoms with van der Waals surface area (Å²) in [4.78, 5) is 14.4. The van der Waals surface area contributed by atoms with Crippen molar-refractivity contribution in [1.29, 1.82) is 0 Å². The minimum absolute atomic E-state index is 0.0475. The van der Waals surface area contributed by atoms with Crippen LogP contribution >= 0.6 is 0 Å². The first-order chi connectivity index (χ1) is 6.91. The quantitative estimate of drug-likeness (QED) is 0.701. The minimum atomic E-state index is -0.0540. The third-order valence-electron chi connectivity index (χ3n) is 2.73. The van der Waals surface area contributed by atoms with Gasteiger partial charge in [0.2, 0.25) is 0 Å². The molecular weight excluding hydrogens is 188 g/mol. The van der Waals surface area contributed by atoms with Crippen LogP contribution in [-0.2, 0) is 12.5 Å². The van der Waals surface area contributed by atoms with Crippen LogP contribution in [0.25, 0.3) is 11.0 Å². The second-order valence-electron chi connectivity index (χ2n) is 4.94. The third-order valence-corrected chi connectivity index (χ3v) is 2.73. The summed E-state index contributed by atoms with van der Waals surface area (Å²) in [5, 5.41) is 0. The van der Waals surface area contributed by atoms with Gasteiger partial charge in [-0.3, -0.25) is 4.57 Å². The number of hydrogen-bond donors (Lipinski definition) is 1. The van der Waals surface area contributed by atoms with Gasteiger partial charge in [-0.05, 0) is 17.0 Å². The number of fused-ring (bicyclic) bond motifs is 1. The van der Waals surface area contributed by atoms with Crippen LogP contribution in [0.1, 0.15) is 26.3 Å². The lowest BCUT2D eigenvalue weighted by Gasteiger charge is -2.20. The van der Waals surface area contributed by atoms with Crippen LogP contribution in [0.2, 0.25) is 0 Å². The summed E-state index contributed by atoms with van der Waals surface area (Å²) in [5.41, 5.74) is 3.11. The zero-order valence-electron chi connectivity index (χ0n) is 9.59. The lowest BCUT2D eigenvalue weighted by molar-refractivity contribution is 0.592. The second-order valence-corrected chi connectivity index (χ2v) is 4.94. The smallest absolute Gasteiger partial charge is 0.306 e. The lowest BCUT2D eigenvalue weighted by atomic mass is 9.86. The van der Waals surface area contributed by atoms with Crippen LogP contribution < -0.4 is 5.69 Å². The van der Waals surface area contributed by atoms with Crippen LogP contribution in [0, 0.1) is 0 Å². The number of H-pyrrole nitrogens is 1. The van der Waals surface area contributed by atoms with Gasteiger partial charge in [0.1, 0.15) is 0 Å². The van der Waals surface area contributed by atoms with Crippen LogP contribution in [0.3, 0.4) is 0 Å². The van der Waals surface area contributed by atoms with E-state index in [-0.39, 0.29) is 11.1 Å². The molecule has 0 amide bonds. The topological polar surface area (TPSA) is 37.8 Å². The van der Waals surface area contributed by atoms with Crippen molar-refractivity contribution in [2.24, 2.45) is 7.05 Å². The van der Waals surface area contributed by atoms with E-state index in [4.69, 9.17) is 0 Å². The molecule has 0 aliphatic rings. The van der Waals surface area contributed by atoms with E-state index >= 15 is 0 Å². The van der Waals surface area contributed by atoms with E-state index in [2.05, 4.69) is 31.8 Å². The molecule has 3 nitrogen and oxygen atoms in total. The molecule has 0 saturated carbocycles. The molecule has 80 valence electrons. The van der Waals surface area contributed by atoms with Gasteiger partial charge < -0.3 is 4.98 Å². The number of aromatic nitrogens is 2. The van der Waals surface area contributed by atoms with Crippen molar-refractivity contribution in [3.05, 3.63) is 34.2 Å². The maximum Gasteiger partial charge on any atom is 0.326 e. The molecule has 2 rings (SSSR count). The highest BCUT2D eigenvalue weighted by atomic mass is 16.1. The average molecular weight is 204 g/mol. The second kappa shape index (κ2) is 2.99. The van der Waals surface area contributed by atoms with Gasteiger partial charge >= 0.3 is 5.69 Å². The van der Waals surface area contributed by atoms with Gasteiger partial charge in [0, 0.05) is 7.05 Å². The van der Waals surface area contributed by atoms with Gasteiger partial charge in [0.25, 0.3) is 0 Å². The molecule has 1 aromatic heterocycles. The van der Waals surface area contributed by atoms with Crippen molar-refractivity contribution in [2.75, 3.05) is 0 Å². The van der Waals surface area contributed by atoms with Crippen molar-refractivity contribution >= 4 is 11.0 Å². The molecule has 1 aromatic carbocycles. The van der Waals surface area contributed by atoms with Crippen LogP contribution in [0.15, 0.2) is 23.0 Å². The summed E-state index contributed by atoms with van der Waals surface area (Å²) >= 11 is 0. The van der Waals surface area contributed by atoms with Gasteiger partial charge in [0.05, 0.1) is 11.0 Å². The van der Waals surface area contributed by atoms with Gasteiger partial charge in [-0.15, -0.1) is 0 Å². The molecule has 0 aliphatic carbocycles. The number of nitrogens with one attached hydrogen (secondary N) is 1. The Morgan fingerprint density at radius 3 is 2.53 bits per heavy atom.